The van der Waals surface area contributed by atoms with E-state index in [-0.39, 0.29) is 16.6 Å². The molecule has 8 heteroatoms. The Hall–Kier alpha value is -2.35. The highest BCUT2D eigenvalue weighted by Gasteiger charge is 2.34. The fourth-order valence-corrected chi connectivity index (χ4v) is 3.21. The van der Waals surface area contributed by atoms with Gasteiger partial charge in [0.1, 0.15) is 10.6 Å². The second-order valence-corrected chi connectivity index (χ2v) is 6.23. The van der Waals surface area contributed by atoms with Crippen LogP contribution in [-0.2, 0) is 6.18 Å². The molecule has 3 nitrogen and oxygen atoms in total. The van der Waals surface area contributed by atoms with E-state index in [1.807, 2.05) is 0 Å². The highest BCUT2D eigenvalue weighted by Crippen LogP contribution is 2.36. The molecule has 0 fully saturated rings. The third-order valence-electron chi connectivity index (χ3n) is 3.35. The lowest BCUT2D eigenvalue weighted by molar-refractivity contribution is -0.139. The topological polar surface area (TPSA) is 53.1 Å². The number of aromatic nitrogens is 1. The second-order valence-electron chi connectivity index (χ2n) is 4.97. The number of alkyl halides is 3. The van der Waals surface area contributed by atoms with Gasteiger partial charge in [-0.2, -0.15) is 13.2 Å². The molecular formula is C15H9F4NO2S. The number of pyridine rings is 1. The fraction of sp³-hybridized carbons (Fsp3) is 0.133. The smallest absolute Gasteiger partial charge is 0.419 e. The van der Waals surface area contributed by atoms with Crippen molar-refractivity contribution in [3.63, 3.8) is 0 Å². The van der Waals surface area contributed by atoms with Crippen molar-refractivity contribution in [1.29, 1.82) is 0 Å². The van der Waals surface area contributed by atoms with Crippen LogP contribution in [0.4, 0.5) is 17.6 Å². The minimum absolute atomic E-state index is 0.124. The maximum atomic E-state index is 13.4. The zero-order valence-corrected chi connectivity index (χ0v) is 12.4. The number of hydrogen-bond donors (Lipinski definition) is 2. The van der Waals surface area contributed by atoms with Crippen LogP contribution in [0.3, 0.4) is 0 Å². The normalized spacial score (nSPS) is 12.0. The number of aryl methyl sites for hydroxylation is 1. The van der Waals surface area contributed by atoms with Crippen molar-refractivity contribution in [3.05, 3.63) is 50.7 Å². The molecular weight excluding hydrogens is 334 g/mol. The van der Waals surface area contributed by atoms with E-state index in [0.29, 0.717) is 17.0 Å². The molecule has 0 radical (unpaired) electrons. The summed E-state index contributed by atoms with van der Waals surface area (Å²) in [6, 6.07) is 3.86. The van der Waals surface area contributed by atoms with Gasteiger partial charge in [-0.3, -0.25) is 4.79 Å². The second kappa shape index (κ2) is 5.09. The summed E-state index contributed by atoms with van der Waals surface area (Å²) < 4.78 is 51.8. The SMILES string of the molecule is Cc1cc2c(=O)c(O)c(-c3ccc(F)c(C(F)(F)F)c3)[nH]c2s1. The molecule has 3 rings (SSSR count). The molecule has 0 bridgehead atoms. The molecule has 0 aliphatic heterocycles. The first-order valence-electron chi connectivity index (χ1n) is 6.41. The van der Waals surface area contributed by atoms with Crippen LogP contribution in [0.15, 0.2) is 29.1 Å². The molecule has 120 valence electrons. The zero-order chi connectivity index (χ0) is 16.9. The molecule has 3 aromatic rings. The van der Waals surface area contributed by atoms with Crippen molar-refractivity contribution in [2.24, 2.45) is 0 Å². The van der Waals surface area contributed by atoms with Crippen LogP contribution in [0.2, 0.25) is 0 Å². The van der Waals surface area contributed by atoms with Gasteiger partial charge in [0.15, 0.2) is 5.75 Å². The van der Waals surface area contributed by atoms with E-state index < -0.39 is 28.7 Å². The fourth-order valence-electron chi connectivity index (χ4n) is 2.30. The molecule has 1 aromatic carbocycles. The van der Waals surface area contributed by atoms with Gasteiger partial charge in [0.05, 0.1) is 16.6 Å². The monoisotopic (exact) mass is 343 g/mol. The van der Waals surface area contributed by atoms with Gasteiger partial charge < -0.3 is 10.1 Å². The molecule has 2 N–H and O–H groups in total. The number of fused-ring (bicyclic) bond motifs is 1. The molecule has 0 atom stereocenters. The lowest BCUT2D eigenvalue weighted by Crippen LogP contribution is -2.09. The van der Waals surface area contributed by atoms with Gasteiger partial charge >= 0.3 is 6.18 Å². The standard InChI is InChI=1S/C15H9F4NO2S/c1-6-4-8-12(21)13(22)11(20-14(8)23-6)7-2-3-10(16)9(5-7)15(17,18)19/h2-5,22H,1H3,(H,20,21). The Labute approximate surface area is 130 Å². The Morgan fingerprint density at radius 2 is 1.91 bits per heavy atom. The van der Waals surface area contributed by atoms with Crippen molar-refractivity contribution >= 4 is 21.6 Å². The molecule has 2 heterocycles. The Bertz CT molecular complexity index is 972. The molecule has 0 aliphatic carbocycles. The van der Waals surface area contributed by atoms with E-state index >= 15 is 0 Å². The summed E-state index contributed by atoms with van der Waals surface area (Å²) in [5.74, 6) is -2.12. The van der Waals surface area contributed by atoms with Gasteiger partial charge in [-0.15, -0.1) is 11.3 Å². The average Bonchev–Trinajstić information content (AvgIpc) is 2.83. The van der Waals surface area contributed by atoms with Gasteiger partial charge in [-0.25, -0.2) is 4.39 Å². The van der Waals surface area contributed by atoms with Crippen LogP contribution >= 0.6 is 11.3 Å². The lowest BCUT2D eigenvalue weighted by atomic mass is 10.1. The maximum absolute atomic E-state index is 13.4. The van der Waals surface area contributed by atoms with Gasteiger partial charge in [0, 0.05) is 10.4 Å². The molecule has 0 saturated carbocycles. The van der Waals surface area contributed by atoms with Gasteiger partial charge in [0.2, 0.25) is 5.43 Å². The number of rotatable bonds is 1. The van der Waals surface area contributed by atoms with Crippen LogP contribution in [-0.4, -0.2) is 10.1 Å². The first kappa shape index (κ1) is 15.5. The summed E-state index contributed by atoms with van der Waals surface area (Å²) in [4.78, 5) is 16.1. The molecule has 0 amide bonds. The van der Waals surface area contributed by atoms with Gasteiger partial charge in [-0.05, 0) is 31.2 Å². The Kier molecular flexibility index (Phi) is 3.44. The maximum Gasteiger partial charge on any atom is 0.419 e. The van der Waals surface area contributed by atoms with Crippen molar-refractivity contribution < 1.29 is 22.7 Å². The van der Waals surface area contributed by atoms with Crippen molar-refractivity contribution in [3.8, 4) is 17.0 Å². The summed E-state index contributed by atoms with van der Waals surface area (Å²) in [7, 11) is 0. The number of thiophene rings is 1. The molecule has 0 saturated heterocycles. The molecule has 2 aromatic heterocycles. The number of H-pyrrole nitrogens is 1. The summed E-state index contributed by atoms with van der Waals surface area (Å²) in [5.41, 5.74) is -2.44. The van der Waals surface area contributed by atoms with E-state index in [1.165, 1.54) is 11.3 Å². The van der Waals surface area contributed by atoms with Crippen molar-refractivity contribution in [2.45, 2.75) is 13.1 Å². The molecule has 23 heavy (non-hydrogen) atoms. The Morgan fingerprint density at radius 1 is 1.22 bits per heavy atom. The van der Waals surface area contributed by atoms with Gasteiger partial charge in [0.25, 0.3) is 0 Å². The third-order valence-corrected chi connectivity index (χ3v) is 4.32. The number of aromatic hydroxyl groups is 1. The molecule has 0 aliphatic rings. The van der Waals surface area contributed by atoms with Crippen LogP contribution in [0.5, 0.6) is 5.75 Å². The number of halogens is 4. The third kappa shape index (κ3) is 2.59. The van der Waals surface area contributed by atoms with E-state index in [0.717, 1.165) is 10.9 Å². The van der Waals surface area contributed by atoms with E-state index in [4.69, 9.17) is 0 Å². The van der Waals surface area contributed by atoms with Crippen LogP contribution in [0.25, 0.3) is 21.5 Å². The number of hydrogen-bond acceptors (Lipinski definition) is 3. The van der Waals surface area contributed by atoms with E-state index in [1.54, 1.807) is 13.0 Å². The summed E-state index contributed by atoms with van der Waals surface area (Å²) in [5, 5.41) is 10.3. The summed E-state index contributed by atoms with van der Waals surface area (Å²) in [6.07, 6.45) is -4.88. The van der Waals surface area contributed by atoms with Crippen molar-refractivity contribution in [2.75, 3.05) is 0 Å². The van der Waals surface area contributed by atoms with Crippen molar-refractivity contribution in [1.82, 2.24) is 4.98 Å². The number of benzene rings is 1. The summed E-state index contributed by atoms with van der Waals surface area (Å²) in [6.45, 7) is 1.76. The highest BCUT2D eigenvalue weighted by atomic mass is 32.1. The highest BCUT2D eigenvalue weighted by molar-refractivity contribution is 7.18. The van der Waals surface area contributed by atoms with Crippen LogP contribution in [0, 0.1) is 12.7 Å². The van der Waals surface area contributed by atoms with E-state index in [9.17, 15) is 27.5 Å². The Balaban J connectivity index is 2.29. The predicted molar refractivity (Wildman–Crippen MR) is 79.2 cm³/mol. The van der Waals surface area contributed by atoms with E-state index in [2.05, 4.69) is 4.98 Å². The number of aromatic amines is 1. The largest absolute Gasteiger partial charge is 0.503 e. The lowest BCUT2D eigenvalue weighted by Gasteiger charge is -2.11. The first-order valence-corrected chi connectivity index (χ1v) is 7.22. The number of nitrogens with one attached hydrogen (secondary N) is 1. The van der Waals surface area contributed by atoms with Crippen LogP contribution < -0.4 is 5.43 Å². The molecule has 0 unspecified atom stereocenters. The zero-order valence-electron chi connectivity index (χ0n) is 11.6. The predicted octanol–water partition coefficient (Wildman–Crippen LogP) is 4.43. The minimum atomic E-state index is -4.88. The minimum Gasteiger partial charge on any atom is -0.503 e. The van der Waals surface area contributed by atoms with Gasteiger partial charge in [-0.1, -0.05) is 0 Å². The summed E-state index contributed by atoms with van der Waals surface area (Å²) >= 11 is 1.23. The quantitative estimate of drug-likeness (QED) is 0.642. The first-order chi connectivity index (χ1) is 10.7. The average molecular weight is 343 g/mol. The Morgan fingerprint density at radius 3 is 2.57 bits per heavy atom. The molecule has 0 spiro atoms. The van der Waals surface area contributed by atoms with Crippen LogP contribution in [0.1, 0.15) is 10.4 Å².